The summed E-state index contributed by atoms with van der Waals surface area (Å²) in [6, 6.07) is 9.09. The van der Waals surface area contributed by atoms with Gasteiger partial charge in [0.15, 0.2) is 0 Å². The summed E-state index contributed by atoms with van der Waals surface area (Å²) in [7, 11) is 0. The number of nitrogens with zero attached hydrogens (tertiary/aromatic N) is 2. The Morgan fingerprint density at radius 2 is 1.74 bits per heavy atom. The first-order valence-electron chi connectivity index (χ1n) is 5.67. The van der Waals surface area contributed by atoms with Crippen molar-refractivity contribution in [3.05, 3.63) is 65.7 Å². The fraction of sp³-hybridized carbons (Fsp3) is 0.0714. The molecule has 1 N–H and O–H groups in total. The van der Waals surface area contributed by atoms with E-state index in [1.165, 1.54) is 24.5 Å². The highest BCUT2D eigenvalue weighted by Crippen LogP contribution is 2.04. The lowest BCUT2D eigenvalue weighted by Gasteiger charge is -2.02. The summed E-state index contributed by atoms with van der Waals surface area (Å²) < 4.78 is 12.8. The van der Waals surface area contributed by atoms with Gasteiger partial charge in [-0.1, -0.05) is 12.1 Å². The van der Waals surface area contributed by atoms with Crippen molar-refractivity contribution >= 4 is 11.6 Å². The largest absolute Gasteiger partial charge is 0.271 e. The predicted octanol–water partition coefficient (Wildman–Crippen LogP) is 2.37. The van der Waals surface area contributed by atoms with Gasteiger partial charge < -0.3 is 0 Å². The van der Waals surface area contributed by atoms with Crippen LogP contribution in [-0.2, 0) is 0 Å². The van der Waals surface area contributed by atoms with Crippen LogP contribution in [0.4, 0.5) is 4.39 Å². The number of rotatable bonds is 3. The summed E-state index contributed by atoms with van der Waals surface area (Å²) in [5.74, 6) is -0.624. The van der Waals surface area contributed by atoms with Crippen LogP contribution in [-0.4, -0.2) is 16.6 Å². The van der Waals surface area contributed by atoms with E-state index in [4.69, 9.17) is 0 Å². The number of nitrogens with one attached hydrogen (secondary N) is 1. The summed E-state index contributed by atoms with van der Waals surface area (Å²) >= 11 is 0. The second-order valence-electron chi connectivity index (χ2n) is 3.88. The molecule has 96 valence electrons. The fourth-order valence-electron chi connectivity index (χ4n) is 1.46. The Morgan fingerprint density at radius 1 is 1.11 bits per heavy atom. The molecule has 2 aromatic rings. The fourth-order valence-corrected chi connectivity index (χ4v) is 1.46. The van der Waals surface area contributed by atoms with E-state index in [2.05, 4.69) is 15.5 Å². The Labute approximate surface area is 110 Å². The number of halogens is 1. The van der Waals surface area contributed by atoms with Crippen molar-refractivity contribution in [1.29, 1.82) is 0 Å². The van der Waals surface area contributed by atoms with Crippen molar-refractivity contribution in [1.82, 2.24) is 10.4 Å². The molecule has 19 heavy (non-hydrogen) atoms. The number of aromatic nitrogens is 1. The summed E-state index contributed by atoms with van der Waals surface area (Å²) in [6.07, 6.45) is 3.07. The number of hydrazone groups is 1. The average molecular weight is 257 g/mol. The standard InChI is InChI=1S/C14H12FN3O/c1-10(11-2-4-13(15)5-3-11)17-18-14(19)12-6-8-16-9-7-12/h2-9H,1H3,(H,18,19). The molecule has 1 heterocycles. The Morgan fingerprint density at radius 3 is 2.37 bits per heavy atom. The molecule has 0 aliphatic carbocycles. The lowest BCUT2D eigenvalue weighted by Crippen LogP contribution is -2.19. The molecule has 1 amide bonds. The number of pyridine rings is 1. The van der Waals surface area contributed by atoms with Crippen LogP contribution in [0.25, 0.3) is 0 Å². The van der Waals surface area contributed by atoms with Crippen LogP contribution in [0.2, 0.25) is 0 Å². The highest BCUT2D eigenvalue weighted by molar-refractivity contribution is 6.00. The summed E-state index contributed by atoms with van der Waals surface area (Å²) in [4.78, 5) is 15.6. The molecule has 0 unspecified atom stereocenters. The highest BCUT2D eigenvalue weighted by atomic mass is 19.1. The molecule has 0 spiro atoms. The van der Waals surface area contributed by atoms with Gasteiger partial charge in [-0.25, -0.2) is 9.82 Å². The predicted molar refractivity (Wildman–Crippen MR) is 70.3 cm³/mol. The van der Waals surface area contributed by atoms with Crippen molar-refractivity contribution in [3.8, 4) is 0 Å². The van der Waals surface area contributed by atoms with Gasteiger partial charge in [-0.2, -0.15) is 5.10 Å². The molecule has 1 aromatic heterocycles. The van der Waals surface area contributed by atoms with Crippen LogP contribution in [0, 0.1) is 5.82 Å². The molecular formula is C14H12FN3O. The van der Waals surface area contributed by atoms with E-state index in [1.807, 2.05) is 0 Å². The molecule has 4 nitrogen and oxygen atoms in total. The van der Waals surface area contributed by atoms with Gasteiger partial charge in [0, 0.05) is 18.0 Å². The number of benzene rings is 1. The summed E-state index contributed by atoms with van der Waals surface area (Å²) in [6.45, 7) is 1.74. The molecule has 0 atom stereocenters. The van der Waals surface area contributed by atoms with Crippen LogP contribution in [0.5, 0.6) is 0 Å². The monoisotopic (exact) mass is 257 g/mol. The molecular weight excluding hydrogens is 245 g/mol. The Kier molecular flexibility index (Phi) is 3.97. The van der Waals surface area contributed by atoms with Gasteiger partial charge in [-0.05, 0) is 36.8 Å². The third kappa shape index (κ3) is 3.45. The second-order valence-corrected chi connectivity index (χ2v) is 3.88. The topological polar surface area (TPSA) is 54.4 Å². The zero-order valence-electron chi connectivity index (χ0n) is 10.3. The van der Waals surface area contributed by atoms with E-state index in [9.17, 15) is 9.18 Å². The second kappa shape index (κ2) is 5.86. The third-order valence-corrected chi connectivity index (χ3v) is 2.53. The Balaban J connectivity index is 2.06. The molecule has 0 aliphatic rings. The van der Waals surface area contributed by atoms with Crippen LogP contribution >= 0.6 is 0 Å². The van der Waals surface area contributed by atoms with E-state index >= 15 is 0 Å². The first kappa shape index (κ1) is 12.9. The van der Waals surface area contributed by atoms with E-state index in [0.717, 1.165) is 5.56 Å². The lowest BCUT2D eigenvalue weighted by molar-refractivity contribution is 0.0954. The van der Waals surface area contributed by atoms with Crippen LogP contribution in [0.1, 0.15) is 22.8 Å². The summed E-state index contributed by atoms with van der Waals surface area (Å²) in [5, 5.41) is 3.97. The molecule has 5 heteroatoms. The van der Waals surface area contributed by atoms with Gasteiger partial charge in [0.1, 0.15) is 5.82 Å². The zero-order valence-corrected chi connectivity index (χ0v) is 10.3. The maximum Gasteiger partial charge on any atom is 0.271 e. The molecule has 2 rings (SSSR count). The highest BCUT2D eigenvalue weighted by Gasteiger charge is 2.04. The maximum atomic E-state index is 12.8. The molecule has 0 fully saturated rings. The van der Waals surface area contributed by atoms with Crippen molar-refractivity contribution in [2.75, 3.05) is 0 Å². The number of amides is 1. The van der Waals surface area contributed by atoms with Crippen molar-refractivity contribution in [2.45, 2.75) is 6.92 Å². The Hall–Kier alpha value is -2.56. The first-order chi connectivity index (χ1) is 9.16. The van der Waals surface area contributed by atoms with Gasteiger partial charge in [0.2, 0.25) is 0 Å². The van der Waals surface area contributed by atoms with Crippen LogP contribution < -0.4 is 5.43 Å². The van der Waals surface area contributed by atoms with E-state index < -0.39 is 0 Å². The van der Waals surface area contributed by atoms with Crippen LogP contribution in [0.15, 0.2) is 53.9 Å². The molecule has 0 bridgehead atoms. The first-order valence-corrected chi connectivity index (χ1v) is 5.67. The minimum Gasteiger partial charge on any atom is -0.267 e. The lowest BCUT2D eigenvalue weighted by atomic mass is 10.1. The van der Waals surface area contributed by atoms with Gasteiger partial charge in [0.05, 0.1) is 5.71 Å². The van der Waals surface area contributed by atoms with Crippen molar-refractivity contribution < 1.29 is 9.18 Å². The normalized spacial score (nSPS) is 11.2. The minimum atomic E-state index is -0.316. The quantitative estimate of drug-likeness (QED) is 0.678. The smallest absolute Gasteiger partial charge is 0.267 e. The van der Waals surface area contributed by atoms with Crippen molar-refractivity contribution in [3.63, 3.8) is 0 Å². The van der Waals surface area contributed by atoms with Gasteiger partial charge in [-0.3, -0.25) is 9.78 Å². The average Bonchev–Trinajstić information content (AvgIpc) is 2.46. The SMILES string of the molecule is CC(=NNC(=O)c1ccncc1)c1ccc(F)cc1. The van der Waals surface area contributed by atoms with Gasteiger partial charge >= 0.3 is 0 Å². The summed E-state index contributed by atoms with van der Waals surface area (Å²) in [5.41, 5.74) is 4.26. The van der Waals surface area contributed by atoms with E-state index in [0.29, 0.717) is 11.3 Å². The number of carbonyl (C=O) groups excluding carboxylic acids is 1. The molecule has 0 radical (unpaired) electrons. The van der Waals surface area contributed by atoms with Crippen LogP contribution in [0.3, 0.4) is 0 Å². The molecule has 0 aliphatic heterocycles. The van der Waals surface area contributed by atoms with E-state index in [1.54, 1.807) is 31.2 Å². The third-order valence-electron chi connectivity index (χ3n) is 2.53. The van der Waals surface area contributed by atoms with Gasteiger partial charge in [0.25, 0.3) is 5.91 Å². The van der Waals surface area contributed by atoms with E-state index in [-0.39, 0.29) is 11.7 Å². The number of hydrogen-bond acceptors (Lipinski definition) is 3. The molecule has 0 saturated carbocycles. The molecule has 0 saturated heterocycles. The number of hydrogen-bond donors (Lipinski definition) is 1. The van der Waals surface area contributed by atoms with Crippen molar-refractivity contribution in [2.24, 2.45) is 5.10 Å². The maximum absolute atomic E-state index is 12.8. The minimum absolute atomic E-state index is 0.308. The Bertz CT molecular complexity index is 594. The number of carbonyl (C=O) groups is 1. The zero-order chi connectivity index (χ0) is 13.7. The van der Waals surface area contributed by atoms with Gasteiger partial charge in [-0.15, -0.1) is 0 Å². The molecule has 1 aromatic carbocycles.